The molecule has 0 bridgehead atoms. The minimum atomic E-state index is 0.231. The molecule has 0 radical (unpaired) electrons. The van der Waals surface area contributed by atoms with Crippen LogP contribution in [-0.2, 0) is 22.7 Å². The van der Waals surface area contributed by atoms with Crippen LogP contribution in [0.3, 0.4) is 0 Å². The van der Waals surface area contributed by atoms with Gasteiger partial charge in [0.15, 0.2) is 0 Å². The molecule has 0 unspecified atom stereocenters. The zero-order valence-corrected chi connectivity index (χ0v) is 15.3. The van der Waals surface area contributed by atoms with Gasteiger partial charge in [-0.2, -0.15) is 0 Å². The van der Waals surface area contributed by atoms with Crippen molar-refractivity contribution in [3.8, 4) is 0 Å². The first-order valence-electron chi connectivity index (χ1n) is 9.16. The van der Waals surface area contributed by atoms with Crippen LogP contribution in [-0.4, -0.2) is 12.7 Å². The van der Waals surface area contributed by atoms with Gasteiger partial charge in [-0.3, -0.25) is 0 Å². The maximum atomic E-state index is 6.08. The van der Waals surface area contributed by atoms with E-state index < -0.39 is 0 Å². The van der Waals surface area contributed by atoms with E-state index in [0.29, 0.717) is 19.1 Å². The second kappa shape index (κ2) is 11.6. The molecule has 0 saturated heterocycles. The fourth-order valence-corrected chi connectivity index (χ4v) is 2.75. The van der Waals surface area contributed by atoms with Gasteiger partial charge in [-0.1, -0.05) is 73.7 Å². The Bertz CT molecular complexity index is 580. The summed E-state index contributed by atoms with van der Waals surface area (Å²) in [6, 6.07) is 20.7. The van der Waals surface area contributed by atoms with E-state index in [0.717, 1.165) is 25.9 Å². The SMILES string of the molecule is C=CC[C@@H](CC[C@H](C)COCc1ccccc1)OCc1ccccc1. The van der Waals surface area contributed by atoms with Crippen molar-refractivity contribution in [2.45, 2.75) is 45.5 Å². The molecule has 0 N–H and O–H groups in total. The Balaban J connectivity index is 1.65. The van der Waals surface area contributed by atoms with Crippen molar-refractivity contribution in [3.05, 3.63) is 84.4 Å². The second-order valence-corrected chi connectivity index (χ2v) is 6.63. The Morgan fingerprint density at radius 3 is 2.08 bits per heavy atom. The summed E-state index contributed by atoms with van der Waals surface area (Å²) in [4.78, 5) is 0. The Morgan fingerprint density at radius 1 is 0.880 bits per heavy atom. The summed E-state index contributed by atoms with van der Waals surface area (Å²) in [7, 11) is 0. The number of rotatable bonds is 12. The molecule has 2 atom stereocenters. The molecule has 2 heteroatoms. The molecule has 0 fully saturated rings. The monoisotopic (exact) mass is 338 g/mol. The summed E-state index contributed by atoms with van der Waals surface area (Å²) in [6.45, 7) is 8.24. The first-order valence-corrected chi connectivity index (χ1v) is 9.16. The van der Waals surface area contributed by atoms with E-state index in [1.165, 1.54) is 11.1 Å². The molecule has 0 amide bonds. The number of hydrogen-bond donors (Lipinski definition) is 0. The van der Waals surface area contributed by atoms with Gasteiger partial charge in [0.25, 0.3) is 0 Å². The van der Waals surface area contributed by atoms with E-state index in [9.17, 15) is 0 Å². The standard InChI is InChI=1S/C23H30O2/c1-3-10-23(25-19-22-13-8-5-9-14-22)16-15-20(2)17-24-18-21-11-6-4-7-12-21/h3-9,11-14,20,23H,1,10,15-19H2,2H3/t20-,23-/m0/s1. The lowest BCUT2D eigenvalue weighted by molar-refractivity contribution is 0.0271. The van der Waals surface area contributed by atoms with Crippen molar-refractivity contribution in [2.75, 3.05) is 6.61 Å². The van der Waals surface area contributed by atoms with E-state index in [-0.39, 0.29) is 6.10 Å². The van der Waals surface area contributed by atoms with Crippen LogP contribution in [0.2, 0.25) is 0 Å². The average Bonchev–Trinajstić information content (AvgIpc) is 2.66. The van der Waals surface area contributed by atoms with Crippen LogP contribution in [0.25, 0.3) is 0 Å². The summed E-state index contributed by atoms with van der Waals surface area (Å²) in [6.07, 6.45) is 5.21. The fourth-order valence-electron chi connectivity index (χ4n) is 2.75. The van der Waals surface area contributed by atoms with Gasteiger partial charge in [0.2, 0.25) is 0 Å². The maximum Gasteiger partial charge on any atom is 0.0720 e. The minimum absolute atomic E-state index is 0.231. The summed E-state index contributed by atoms with van der Waals surface area (Å²) < 4.78 is 11.9. The third-order valence-corrected chi connectivity index (χ3v) is 4.25. The quantitative estimate of drug-likeness (QED) is 0.457. The van der Waals surface area contributed by atoms with Crippen LogP contribution < -0.4 is 0 Å². The molecule has 0 aliphatic rings. The van der Waals surface area contributed by atoms with E-state index >= 15 is 0 Å². The lowest BCUT2D eigenvalue weighted by atomic mass is 10.0. The molecule has 0 aromatic heterocycles. The number of hydrogen-bond acceptors (Lipinski definition) is 2. The minimum Gasteiger partial charge on any atom is -0.376 e. The molecule has 2 aromatic rings. The molecular weight excluding hydrogens is 308 g/mol. The van der Waals surface area contributed by atoms with Crippen LogP contribution in [0.4, 0.5) is 0 Å². The van der Waals surface area contributed by atoms with Gasteiger partial charge in [0.05, 0.1) is 19.3 Å². The van der Waals surface area contributed by atoms with Gasteiger partial charge < -0.3 is 9.47 Å². The molecule has 0 aliphatic carbocycles. The molecule has 134 valence electrons. The Labute approximate surface area is 152 Å². The van der Waals surface area contributed by atoms with Crippen molar-refractivity contribution in [2.24, 2.45) is 5.92 Å². The molecule has 0 aliphatic heterocycles. The van der Waals surface area contributed by atoms with Crippen molar-refractivity contribution in [1.29, 1.82) is 0 Å². The summed E-state index contributed by atoms with van der Waals surface area (Å²) in [5.74, 6) is 0.524. The molecule has 0 heterocycles. The van der Waals surface area contributed by atoms with Gasteiger partial charge in [0.1, 0.15) is 0 Å². The van der Waals surface area contributed by atoms with Crippen LogP contribution in [0, 0.1) is 5.92 Å². The van der Waals surface area contributed by atoms with Crippen molar-refractivity contribution >= 4 is 0 Å². The van der Waals surface area contributed by atoms with Crippen LogP contribution in [0.1, 0.15) is 37.3 Å². The third kappa shape index (κ3) is 8.15. The summed E-state index contributed by atoms with van der Waals surface area (Å²) in [5, 5.41) is 0. The molecule has 2 aromatic carbocycles. The molecule has 25 heavy (non-hydrogen) atoms. The Kier molecular flexibility index (Phi) is 9.03. The lowest BCUT2D eigenvalue weighted by Gasteiger charge is -2.19. The number of benzene rings is 2. The third-order valence-electron chi connectivity index (χ3n) is 4.25. The van der Waals surface area contributed by atoms with Gasteiger partial charge >= 0.3 is 0 Å². The maximum absolute atomic E-state index is 6.08. The lowest BCUT2D eigenvalue weighted by Crippen LogP contribution is -2.15. The van der Waals surface area contributed by atoms with Gasteiger partial charge in [-0.25, -0.2) is 0 Å². The second-order valence-electron chi connectivity index (χ2n) is 6.63. The predicted molar refractivity (Wildman–Crippen MR) is 104 cm³/mol. The van der Waals surface area contributed by atoms with E-state index in [1.54, 1.807) is 0 Å². The smallest absolute Gasteiger partial charge is 0.0720 e. The van der Waals surface area contributed by atoms with Gasteiger partial charge in [-0.15, -0.1) is 6.58 Å². The normalized spacial score (nSPS) is 13.3. The summed E-state index contributed by atoms with van der Waals surface area (Å²) in [5.41, 5.74) is 2.45. The largest absolute Gasteiger partial charge is 0.376 e. The van der Waals surface area contributed by atoms with E-state index in [4.69, 9.17) is 9.47 Å². The topological polar surface area (TPSA) is 18.5 Å². The Hall–Kier alpha value is -1.90. The molecule has 0 spiro atoms. The predicted octanol–water partition coefficient (Wildman–Crippen LogP) is 5.78. The fraction of sp³-hybridized carbons (Fsp3) is 0.391. The highest BCUT2D eigenvalue weighted by molar-refractivity contribution is 5.14. The van der Waals surface area contributed by atoms with Crippen LogP contribution >= 0.6 is 0 Å². The van der Waals surface area contributed by atoms with Crippen LogP contribution in [0.15, 0.2) is 73.3 Å². The molecule has 2 nitrogen and oxygen atoms in total. The highest BCUT2D eigenvalue weighted by atomic mass is 16.5. The molecule has 2 rings (SSSR count). The average molecular weight is 338 g/mol. The summed E-state index contributed by atoms with van der Waals surface area (Å²) >= 11 is 0. The van der Waals surface area contributed by atoms with Crippen LogP contribution in [0.5, 0.6) is 0 Å². The zero-order valence-electron chi connectivity index (χ0n) is 15.3. The van der Waals surface area contributed by atoms with Crippen molar-refractivity contribution < 1.29 is 9.47 Å². The highest BCUT2D eigenvalue weighted by Crippen LogP contribution is 2.16. The van der Waals surface area contributed by atoms with Crippen molar-refractivity contribution in [1.82, 2.24) is 0 Å². The van der Waals surface area contributed by atoms with Crippen molar-refractivity contribution in [3.63, 3.8) is 0 Å². The molecular formula is C23H30O2. The van der Waals surface area contributed by atoms with E-state index in [2.05, 4.69) is 37.8 Å². The first-order chi connectivity index (χ1) is 12.3. The Morgan fingerprint density at radius 2 is 1.48 bits per heavy atom. The first kappa shape index (κ1) is 19.4. The van der Waals surface area contributed by atoms with Gasteiger partial charge in [-0.05, 0) is 36.3 Å². The zero-order chi connectivity index (χ0) is 17.7. The highest BCUT2D eigenvalue weighted by Gasteiger charge is 2.11. The van der Waals surface area contributed by atoms with E-state index in [1.807, 2.05) is 42.5 Å². The molecule has 0 saturated carbocycles. The van der Waals surface area contributed by atoms with Gasteiger partial charge in [0, 0.05) is 6.61 Å². The number of ether oxygens (including phenoxy) is 2.